The highest BCUT2D eigenvalue weighted by Crippen LogP contribution is 2.20. The smallest absolute Gasteiger partial charge is 0.0590 e. The van der Waals surface area contributed by atoms with E-state index in [0.29, 0.717) is 24.1 Å². The van der Waals surface area contributed by atoms with Gasteiger partial charge in [0.05, 0.1) is 6.10 Å². The highest BCUT2D eigenvalue weighted by molar-refractivity contribution is 5.06. The summed E-state index contributed by atoms with van der Waals surface area (Å²) in [6, 6.07) is 0.934. The first kappa shape index (κ1) is 12.1. The van der Waals surface area contributed by atoms with Crippen molar-refractivity contribution in [3.8, 4) is 0 Å². The summed E-state index contributed by atoms with van der Waals surface area (Å²) in [6.45, 7) is 3.43. The van der Waals surface area contributed by atoms with Crippen LogP contribution in [0.25, 0.3) is 0 Å². The fraction of sp³-hybridized carbons (Fsp3) is 0.846. The molecule has 1 saturated heterocycles. The topological polar surface area (TPSA) is 41.5 Å². The second kappa shape index (κ2) is 5.80. The minimum atomic E-state index is 0.273. The molecule has 0 radical (unpaired) electrons. The SMILES string of the molecule is CC(CC1CCCO1)N[C@@H]1C=C[C@H](CO)C1. The average Bonchev–Trinajstić information content (AvgIpc) is 2.89. The summed E-state index contributed by atoms with van der Waals surface area (Å²) in [5.41, 5.74) is 0. The summed E-state index contributed by atoms with van der Waals surface area (Å²) in [6.07, 6.45) is 9.34. The molecule has 0 saturated carbocycles. The maximum Gasteiger partial charge on any atom is 0.0590 e. The van der Waals surface area contributed by atoms with Crippen molar-refractivity contribution >= 4 is 0 Å². The molecular weight excluding hydrogens is 202 g/mol. The second-order valence-corrected chi connectivity index (χ2v) is 5.11. The van der Waals surface area contributed by atoms with E-state index >= 15 is 0 Å². The summed E-state index contributed by atoms with van der Waals surface area (Å²) in [5, 5.41) is 12.6. The fourth-order valence-corrected chi connectivity index (χ4v) is 2.69. The lowest BCUT2D eigenvalue weighted by molar-refractivity contribution is 0.0953. The largest absolute Gasteiger partial charge is 0.396 e. The Morgan fingerprint density at radius 1 is 1.50 bits per heavy atom. The van der Waals surface area contributed by atoms with Crippen LogP contribution in [-0.4, -0.2) is 36.5 Å². The molecule has 0 bridgehead atoms. The van der Waals surface area contributed by atoms with Gasteiger partial charge in [0, 0.05) is 31.2 Å². The van der Waals surface area contributed by atoms with Gasteiger partial charge in [-0.15, -0.1) is 0 Å². The Morgan fingerprint density at radius 2 is 2.38 bits per heavy atom. The molecule has 2 rings (SSSR count). The van der Waals surface area contributed by atoms with Crippen LogP contribution in [-0.2, 0) is 4.74 Å². The number of aliphatic hydroxyl groups excluding tert-OH is 1. The standard InChI is InChI=1S/C13H23NO2/c1-10(7-13-3-2-6-16-13)14-12-5-4-11(8-12)9-15/h4-5,10-15H,2-3,6-9H2,1H3/t10?,11-,12+,13?/m0/s1. The Morgan fingerprint density at radius 3 is 3.00 bits per heavy atom. The zero-order chi connectivity index (χ0) is 11.4. The number of nitrogens with one attached hydrogen (secondary N) is 1. The van der Waals surface area contributed by atoms with E-state index in [1.165, 1.54) is 12.8 Å². The third kappa shape index (κ3) is 3.30. The second-order valence-electron chi connectivity index (χ2n) is 5.11. The Hall–Kier alpha value is -0.380. The van der Waals surface area contributed by atoms with E-state index in [9.17, 15) is 0 Å². The van der Waals surface area contributed by atoms with Crippen LogP contribution < -0.4 is 5.32 Å². The van der Waals surface area contributed by atoms with Crippen LogP contribution in [0.2, 0.25) is 0 Å². The first-order valence-corrected chi connectivity index (χ1v) is 6.44. The molecule has 2 aliphatic rings. The molecule has 1 heterocycles. The predicted molar refractivity (Wildman–Crippen MR) is 64.3 cm³/mol. The molecule has 0 aromatic rings. The lowest BCUT2D eigenvalue weighted by atomic mass is 10.1. The maximum atomic E-state index is 9.05. The Kier molecular flexibility index (Phi) is 4.38. The minimum Gasteiger partial charge on any atom is -0.396 e. The molecule has 2 unspecified atom stereocenters. The van der Waals surface area contributed by atoms with E-state index in [1.54, 1.807) is 0 Å². The minimum absolute atomic E-state index is 0.273. The summed E-state index contributed by atoms with van der Waals surface area (Å²) in [5.74, 6) is 0.354. The van der Waals surface area contributed by atoms with Gasteiger partial charge in [-0.05, 0) is 32.6 Å². The molecular formula is C13H23NO2. The predicted octanol–water partition coefficient (Wildman–Crippen LogP) is 1.47. The van der Waals surface area contributed by atoms with E-state index in [0.717, 1.165) is 19.4 Å². The van der Waals surface area contributed by atoms with Gasteiger partial charge in [0.25, 0.3) is 0 Å². The molecule has 92 valence electrons. The molecule has 0 aromatic heterocycles. The van der Waals surface area contributed by atoms with Crippen molar-refractivity contribution in [1.82, 2.24) is 5.32 Å². The molecule has 2 N–H and O–H groups in total. The number of aliphatic hydroxyl groups is 1. The van der Waals surface area contributed by atoms with Gasteiger partial charge in [0.2, 0.25) is 0 Å². The summed E-state index contributed by atoms with van der Waals surface area (Å²) in [7, 11) is 0. The normalized spacial score (nSPS) is 35.8. The third-order valence-electron chi connectivity index (χ3n) is 3.55. The molecule has 1 aliphatic carbocycles. The molecule has 0 spiro atoms. The average molecular weight is 225 g/mol. The van der Waals surface area contributed by atoms with Crippen molar-refractivity contribution in [3.05, 3.63) is 12.2 Å². The van der Waals surface area contributed by atoms with E-state index in [1.807, 2.05) is 0 Å². The number of hydrogen-bond acceptors (Lipinski definition) is 3. The quantitative estimate of drug-likeness (QED) is 0.696. The van der Waals surface area contributed by atoms with Crippen LogP contribution >= 0.6 is 0 Å². The van der Waals surface area contributed by atoms with Gasteiger partial charge in [-0.25, -0.2) is 0 Å². The van der Waals surface area contributed by atoms with Crippen molar-refractivity contribution in [1.29, 1.82) is 0 Å². The van der Waals surface area contributed by atoms with Gasteiger partial charge in [-0.1, -0.05) is 12.2 Å². The van der Waals surface area contributed by atoms with Gasteiger partial charge in [-0.3, -0.25) is 0 Å². The molecule has 3 heteroatoms. The Bertz CT molecular complexity index is 236. The van der Waals surface area contributed by atoms with Crippen molar-refractivity contribution in [2.24, 2.45) is 5.92 Å². The number of hydrogen-bond donors (Lipinski definition) is 2. The molecule has 0 amide bonds. The van der Waals surface area contributed by atoms with Crippen LogP contribution in [0.1, 0.15) is 32.6 Å². The van der Waals surface area contributed by atoms with Crippen molar-refractivity contribution < 1.29 is 9.84 Å². The zero-order valence-electron chi connectivity index (χ0n) is 10.1. The lowest BCUT2D eigenvalue weighted by Gasteiger charge is -2.21. The highest BCUT2D eigenvalue weighted by Gasteiger charge is 2.22. The van der Waals surface area contributed by atoms with E-state index in [-0.39, 0.29) is 6.61 Å². The molecule has 0 aromatic carbocycles. The van der Waals surface area contributed by atoms with Crippen LogP contribution in [0.3, 0.4) is 0 Å². The first-order valence-electron chi connectivity index (χ1n) is 6.44. The molecule has 4 atom stereocenters. The van der Waals surface area contributed by atoms with E-state index in [2.05, 4.69) is 24.4 Å². The van der Waals surface area contributed by atoms with E-state index < -0.39 is 0 Å². The van der Waals surface area contributed by atoms with Gasteiger partial charge >= 0.3 is 0 Å². The summed E-state index contributed by atoms with van der Waals surface area (Å²) < 4.78 is 5.63. The van der Waals surface area contributed by atoms with Gasteiger partial charge < -0.3 is 15.2 Å². The monoisotopic (exact) mass is 225 g/mol. The number of rotatable bonds is 5. The molecule has 3 nitrogen and oxygen atoms in total. The zero-order valence-corrected chi connectivity index (χ0v) is 10.1. The van der Waals surface area contributed by atoms with Gasteiger partial charge in [-0.2, -0.15) is 0 Å². The van der Waals surface area contributed by atoms with Gasteiger partial charge in [0.15, 0.2) is 0 Å². The van der Waals surface area contributed by atoms with Crippen LogP contribution in [0.5, 0.6) is 0 Å². The summed E-state index contributed by atoms with van der Waals surface area (Å²) >= 11 is 0. The lowest BCUT2D eigenvalue weighted by Crippen LogP contribution is -2.36. The molecule has 1 aliphatic heterocycles. The Labute approximate surface area is 97.9 Å². The Balaban J connectivity index is 1.67. The first-order chi connectivity index (χ1) is 7.78. The van der Waals surface area contributed by atoms with E-state index in [4.69, 9.17) is 9.84 Å². The van der Waals surface area contributed by atoms with Crippen LogP contribution in [0, 0.1) is 5.92 Å². The maximum absolute atomic E-state index is 9.05. The van der Waals surface area contributed by atoms with Crippen molar-refractivity contribution in [2.75, 3.05) is 13.2 Å². The number of ether oxygens (including phenoxy) is 1. The van der Waals surface area contributed by atoms with Crippen molar-refractivity contribution in [2.45, 2.75) is 50.8 Å². The van der Waals surface area contributed by atoms with Crippen molar-refractivity contribution in [3.63, 3.8) is 0 Å². The van der Waals surface area contributed by atoms with Gasteiger partial charge in [0.1, 0.15) is 0 Å². The molecule has 1 fully saturated rings. The fourth-order valence-electron chi connectivity index (χ4n) is 2.69. The molecule has 16 heavy (non-hydrogen) atoms. The van der Waals surface area contributed by atoms with Crippen LogP contribution in [0.4, 0.5) is 0 Å². The third-order valence-corrected chi connectivity index (χ3v) is 3.55. The highest BCUT2D eigenvalue weighted by atomic mass is 16.5. The van der Waals surface area contributed by atoms with Crippen LogP contribution in [0.15, 0.2) is 12.2 Å². The summed E-state index contributed by atoms with van der Waals surface area (Å²) in [4.78, 5) is 0.